The monoisotopic (exact) mass is 208 g/mol. The molecule has 5 atom stereocenters. The fourth-order valence-corrected chi connectivity index (χ4v) is 1.43. The zero-order valence-electron chi connectivity index (χ0n) is 8.12. The molecule has 0 amide bonds. The van der Waals surface area contributed by atoms with Crippen LogP contribution in [-0.2, 0) is 9.47 Å². The maximum atomic E-state index is 9.53. The first-order chi connectivity index (χ1) is 6.46. The molecule has 0 aromatic carbocycles. The van der Waals surface area contributed by atoms with E-state index in [0.29, 0.717) is 0 Å². The zero-order chi connectivity index (χ0) is 10.9. The van der Waals surface area contributed by atoms with E-state index < -0.39 is 36.8 Å². The average Bonchev–Trinajstić information content (AvgIpc) is 2.20. The smallest absolute Gasteiger partial charge is 0.186 e. The van der Waals surface area contributed by atoms with Crippen LogP contribution in [0, 0.1) is 0 Å². The number of hydrogen-bond donors (Lipinski definition) is 4. The molecule has 6 heteroatoms. The summed E-state index contributed by atoms with van der Waals surface area (Å²) in [6.45, 7) is 0.955. The molecule has 1 aliphatic rings. The van der Waals surface area contributed by atoms with E-state index in [2.05, 4.69) is 0 Å². The molecule has 6 nitrogen and oxygen atoms in total. The van der Waals surface area contributed by atoms with Crippen LogP contribution in [0.2, 0.25) is 0 Å². The highest BCUT2D eigenvalue weighted by Crippen LogP contribution is 2.29. The molecule has 1 saturated heterocycles. The van der Waals surface area contributed by atoms with Crippen LogP contribution in [0.25, 0.3) is 0 Å². The van der Waals surface area contributed by atoms with Crippen molar-refractivity contribution in [2.75, 3.05) is 13.7 Å². The van der Waals surface area contributed by atoms with Crippen molar-refractivity contribution < 1.29 is 29.9 Å². The Morgan fingerprint density at radius 3 is 2.29 bits per heavy atom. The highest BCUT2D eigenvalue weighted by Gasteiger charge is 2.50. The topological polar surface area (TPSA) is 99.4 Å². The van der Waals surface area contributed by atoms with Crippen molar-refractivity contribution in [3.8, 4) is 0 Å². The third-order valence-corrected chi connectivity index (χ3v) is 2.51. The average molecular weight is 208 g/mol. The molecule has 1 rings (SSSR count). The van der Waals surface area contributed by atoms with Crippen molar-refractivity contribution in [3.05, 3.63) is 0 Å². The first kappa shape index (κ1) is 11.8. The van der Waals surface area contributed by atoms with Gasteiger partial charge < -0.3 is 29.9 Å². The molecule has 3 unspecified atom stereocenters. The predicted octanol–water partition coefficient (Wildman–Crippen LogP) is -2.18. The van der Waals surface area contributed by atoms with E-state index >= 15 is 0 Å². The second-order valence-electron chi connectivity index (χ2n) is 3.62. The van der Waals surface area contributed by atoms with Gasteiger partial charge in [0.2, 0.25) is 0 Å². The van der Waals surface area contributed by atoms with E-state index in [-0.39, 0.29) is 0 Å². The fraction of sp³-hybridized carbons (Fsp3) is 1.00. The summed E-state index contributed by atoms with van der Waals surface area (Å²) in [6.07, 6.45) is -5.13. The van der Waals surface area contributed by atoms with Crippen LogP contribution in [0.5, 0.6) is 0 Å². The van der Waals surface area contributed by atoms with Crippen LogP contribution in [0.15, 0.2) is 0 Å². The summed E-state index contributed by atoms with van der Waals surface area (Å²) in [5.41, 5.74) is -1.32. The van der Waals surface area contributed by atoms with Gasteiger partial charge in [0.05, 0.1) is 6.61 Å². The third-order valence-electron chi connectivity index (χ3n) is 2.51. The van der Waals surface area contributed by atoms with Crippen molar-refractivity contribution in [2.24, 2.45) is 0 Å². The number of aliphatic hydroxyl groups is 4. The van der Waals surface area contributed by atoms with Gasteiger partial charge in [-0.1, -0.05) is 0 Å². The minimum atomic E-state index is -1.40. The maximum absolute atomic E-state index is 9.53. The van der Waals surface area contributed by atoms with Gasteiger partial charge in [-0.2, -0.15) is 0 Å². The molecule has 0 radical (unpaired) electrons. The van der Waals surface area contributed by atoms with Crippen LogP contribution in [0.3, 0.4) is 0 Å². The lowest BCUT2D eigenvalue weighted by Crippen LogP contribution is -2.64. The van der Waals surface area contributed by atoms with Crippen molar-refractivity contribution in [3.63, 3.8) is 0 Å². The SMILES string of the molecule is CO[C@@H]1OC(C)(CO)[C@@H](O)C(O)C1O. The lowest BCUT2D eigenvalue weighted by molar-refractivity contribution is -0.327. The van der Waals surface area contributed by atoms with Gasteiger partial charge in [-0.25, -0.2) is 0 Å². The van der Waals surface area contributed by atoms with Gasteiger partial charge in [-0.05, 0) is 6.92 Å². The number of methoxy groups -OCH3 is 1. The second-order valence-corrected chi connectivity index (χ2v) is 3.62. The Morgan fingerprint density at radius 2 is 1.86 bits per heavy atom. The van der Waals surface area contributed by atoms with Crippen LogP contribution < -0.4 is 0 Å². The summed E-state index contributed by atoms with van der Waals surface area (Å²) < 4.78 is 9.90. The van der Waals surface area contributed by atoms with Crippen molar-refractivity contribution >= 4 is 0 Å². The Morgan fingerprint density at radius 1 is 1.29 bits per heavy atom. The van der Waals surface area contributed by atoms with E-state index in [0.717, 1.165) is 0 Å². The molecule has 0 aromatic rings. The van der Waals surface area contributed by atoms with Gasteiger partial charge in [0.1, 0.15) is 23.9 Å². The van der Waals surface area contributed by atoms with Crippen LogP contribution in [0.1, 0.15) is 6.92 Å². The summed E-state index contributed by atoms with van der Waals surface area (Å²) in [4.78, 5) is 0. The van der Waals surface area contributed by atoms with Gasteiger partial charge in [0, 0.05) is 7.11 Å². The Labute approximate surface area is 81.7 Å². The second kappa shape index (κ2) is 4.09. The van der Waals surface area contributed by atoms with E-state index in [1.807, 2.05) is 0 Å². The van der Waals surface area contributed by atoms with Crippen LogP contribution in [0.4, 0.5) is 0 Å². The summed E-state index contributed by atoms with van der Waals surface area (Å²) in [5.74, 6) is 0. The molecule has 0 saturated carbocycles. The number of aliphatic hydroxyl groups excluding tert-OH is 4. The lowest BCUT2D eigenvalue weighted by atomic mass is 9.89. The molecule has 1 heterocycles. The van der Waals surface area contributed by atoms with E-state index in [1.165, 1.54) is 14.0 Å². The summed E-state index contributed by atoms with van der Waals surface area (Å²) in [7, 11) is 1.30. The molecule has 1 aliphatic heterocycles. The first-order valence-corrected chi connectivity index (χ1v) is 4.32. The van der Waals surface area contributed by atoms with Gasteiger partial charge in [-0.15, -0.1) is 0 Å². The van der Waals surface area contributed by atoms with Crippen molar-refractivity contribution in [1.82, 2.24) is 0 Å². The highest BCUT2D eigenvalue weighted by atomic mass is 16.7. The van der Waals surface area contributed by atoms with Gasteiger partial charge in [-0.3, -0.25) is 0 Å². The number of hydrogen-bond acceptors (Lipinski definition) is 6. The fourth-order valence-electron chi connectivity index (χ4n) is 1.43. The minimum Gasteiger partial charge on any atom is -0.393 e. The molecule has 0 aliphatic carbocycles. The number of ether oxygens (including phenoxy) is 2. The largest absolute Gasteiger partial charge is 0.393 e. The Bertz CT molecular complexity index is 196. The van der Waals surface area contributed by atoms with Crippen molar-refractivity contribution in [2.45, 2.75) is 37.1 Å². The molecular weight excluding hydrogens is 192 g/mol. The third kappa shape index (κ3) is 1.77. The van der Waals surface area contributed by atoms with Gasteiger partial charge in [0.15, 0.2) is 6.29 Å². The summed E-state index contributed by atoms with van der Waals surface area (Å²) in [6, 6.07) is 0. The standard InChI is InChI=1S/C8H16O6/c1-8(3-9)6(12)4(10)5(11)7(13-2)14-8/h4-7,9-12H,3H2,1-2H3/t4?,5?,6-,7+,8?/m0/s1. The molecule has 4 N–H and O–H groups in total. The number of rotatable bonds is 2. The Kier molecular flexibility index (Phi) is 3.46. The highest BCUT2D eigenvalue weighted by molar-refractivity contribution is 4.97. The normalized spacial score (nSPS) is 49.3. The van der Waals surface area contributed by atoms with Crippen molar-refractivity contribution in [1.29, 1.82) is 0 Å². The minimum absolute atomic E-state index is 0.474. The maximum Gasteiger partial charge on any atom is 0.186 e. The molecule has 0 spiro atoms. The molecular formula is C8H16O6. The van der Waals surface area contributed by atoms with Crippen LogP contribution in [-0.4, -0.2) is 64.3 Å². The predicted molar refractivity (Wildman–Crippen MR) is 45.4 cm³/mol. The summed E-state index contributed by atoms with van der Waals surface area (Å²) in [5, 5.41) is 37.4. The van der Waals surface area contributed by atoms with Gasteiger partial charge in [0.25, 0.3) is 0 Å². The quantitative estimate of drug-likeness (QED) is 0.412. The van der Waals surface area contributed by atoms with E-state index in [4.69, 9.17) is 14.6 Å². The van der Waals surface area contributed by atoms with E-state index in [1.54, 1.807) is 0 Å². The molecule has 1 fully saturated rings. The lowest BCUT2D eigenvalue weighted by Gasteiger charge is -2.45. The Balaban J connectivity index is 2.84. The van der Waals surface area contributed by atoms with Gasteiger partial charge >= 0.3 is 0 Å². The summed E-state index contributed by atoms with van der Waals surface area (Å²) >= 11 is 0. The van der Waals surface area contributed by atoms with Crippen LogP contribution >= 0.6 is 0 Å². The molecule has 84 valence electrons. The molecule has 0 bridgehead atoms. The van der Waals surface area contributed by atoms with E-state index in [9.17, 15) is 15.3 Å². The molecule has 14 heavy (non-hydrogen) atoms. The Hall–Kier alpha value is -0.240. The zero-order valence-corrected chi connectivity index (χ0v) is 8.12. The first-order valence-electron chi connectivity index (χ1n) is 4.32. The molecule has 0 aromatic heterocycles.